The Balaban J connectivity index is 1.44. The summed E-state index contributed by atoms with van der Waals surface area (Å²) < 4.78 is 65.0. The van der Waals surface area contributed by atoms with Gasteiger partial charge in [-0.25, -0.2) is 9.18 Å². The fourth-order valence-electron chi connectivity index (χ4n) is 6.10. The van der Waals surface area contributed by atoms with Crippen LogP contribution in [0, 0.1) is 5.82 Å². The molecule has 4 heterocycles. The molecular formula is C30H29F4N5O3S. The van der Waals surface area contributed by atoms with Gasteiger partial charge in [0.1, 0.15) is 11.4 Å². The van der Waals surface area contributed by atoms with Gasteiger partial charge in [-0.1, -0.05) is 36.4 Å². The van der Waals surface area contributed by atoms with Gasteiger partial charge in [0.05, 0.1) is 42.0 Å². The Morgan fingerprint density at radius 2 is 1.77 bits per heavy atom. The van der Waals surface area contributed by atoms with Crippen LogP contribution in [-0.2, 0) is 42.8 Å². The maximum absolute atomic E-state index is 15.0. The van der Waals surface area contributed by atoms with Gasteiger partial charge in [0.15, 0.2) is 0 Å². The molecule has 0 amide bonds. The summed E-state index contributed by atoms with van der Waals surface area (Å²) in [6.07, 6.45) is -2.17. The summed E-state index contributed by atoms with van der Waals surface area (Å²) in [6, 6.07) is 10.8. The van der Waals surface area contributed by atoms with Crippen LogP contribution in [0.25, 0.3) is 0 Å². The van der Waals surface area contributed by atoms with Crippen LogP contribution in [0.4, 0.5) is 17.6 Å². The van der Waals surface area contributed by atoms with Crippen LogP contribution in [0.1, 0.15) is 51.7 Å². The van der Waals surface area contributed by atoms with E-state index in [0.717, 1.165) is 32.2 Å². The molecule has 8 nitrogen and oxygen atoms in total. The van der Waals surface area contributed by atoms with Crippen molar-refractivity contribution in [3.05, 3.63) is 120 Å². The molecular weight excluding hydrogens is 586 g/mol. The number of nitrogens with two attached hydrogens (primary N) is 1. The number of hydrogen-bond acceptors (Lipinski definition) is 7. The van der Waals surface area contributed by atoms with Gasteiger partial charge < -0.3 is 10.5 Å². The second-order valence-electron chi connectivity index (χ2n) is 10.9. The van der Waals surface area contributed by atoms with E-state index in [-0.39, 0.29) is 24.4 Å². The lowest BCUT2D eigenvalue weighted by Crippen LogP contribution is -2.49. The molecule has 6 rings (SSSR count). The van der Waals surface area contributed by atoms with E-state index in [1.165, 1.54) is 0 Å². The Hall–Kier alpha value is -3.65. The number of halogens is 4. The first-order chi connectivity index (χ1) is 20.6. The third-order valence-corrected chi connectivity index (χ3v) is 9.11. The molecule has 2 aromatic carbocycles. The fourth-order valence-corrected chi connectivity index (χ4v) is 6.74. The Morgan fingerprint density at radius 3 is 2.44 bits per heavy atom. The van der Waals surface area contributed by atoms with Gasteiger partial charge >= 0.3 is 11.9 Å². The van der Waals surface area contributed by atoms with Crippen LogP contribution in [0.15, 0.2) is 69.8 Å². The van der Waals surface area contributed by atoms with Crippen molar-refractivity contribution in [2.24, 2.45) is 5.73 Å². The number of hydrogen-bond donors (Lipinski definition) is 1. The third-order valence-electron chi connectivity index (χ3n) is 8.35. The summed E-state index contributed by atoms with van der Waals surface area (Å²) in [5.74, 6) is -1.10. The van der Waals surface area contributed by atoms with Gasteiger partial charge in [0.2, 0.25) is 0 Å². The van der Waals surface area contributed by atoms with Crippen LogP contribution in [-0.4, -0.2) is 32.1 Å². The molecule has 2 aliphatic heterocycles. The zero-order chi connectivity index (χ0) is 30.4. The number of fused-ring (bicyclic) bond motifs is 2. The van der Waals surface area contributed by atoms with Crippen molar-refractivity contribution in [1.82, 2.24) is 19.0 Å². The highest BCUT2D eigenvalue weighted by Crippen LogP contribution is 2.43. The molecule has 1 atom stereocenters. The van der Waals surface area contributed by atoms with Crippen LogP contribution in [0.3, 0.4) is 0 Å². The number of piperidine rings is 1. The largest absolute Gasteiger partial charge is 0.416 e. The summed E-state index contributed by atoms with van der Waals surface area (Å²) >= 11 is 1.55. The number of alkyl halides is 3. The second-order valence-corrected chi connectivity index (χ2v) is 11.9. The Labute approximate surface area is 248 Å². The van der Waals surface area contributed by atoms with Crippen LogP contribution in [0.5, 0.6) is 0 Å². The first-order valence-electron chi connectivity index (χ1n) is 13.8. The molecule has 1 fully saturated rings. The summed E-state index contributed by atoms with van der Waals surface area (Å²) in [4.78, 5) is 35.4. The normalized spacial score (nSPS) is 17.3. The van der Waals surface area contributed by atoms with E-state index in [9.17, 15) is 27.2 Å². The number of aromatic nitrogens is 3. The van der Waals surface area contributed by atoms with Gasteiger partial charge in [-0.3, -0.25) is 23.8 Å². The molecule has 4 aromatic rings. The highest BCUT2D eigenvalue weighted by atomic mass is 32.1. The molecule has 226 valence electrons. The highest BCUT2D eigenvalue weighted by Gasteiger charge is 2.47. The third kappa shape index (κ3) is 5.57. The lowest BCUT2D eigenvalue weighted by molar-refractivity contribution is -0.138. The number of likely N-dealkylation sites (tertiary alicyclic amines) is 1. The van der Waals surface area contributed by atoms with Gasteiger partial charge in [-0.2, -0.15) is 13.2 Å². The van der Waals surface area contributed by atoms with Crippen molar-refractivity contribution in [3.63, 3.8) is 0 Å². The number of nitrogens with zero attached hydrogens (tertiary/aromatic N) is 4. The van der Waals surface area contributed by atoms with Crippen LogP contribution in [0.2, 0.25) is 0 Å². The average molecular weight is 616 g/mol. The monoisotopic (exact) mass is 615 g/mol. The van der Waals surface area contributed by atoms with E-state index in [4.69, 9.17) is 10.5 Å². The maximum atomic E-state index is 15.0. The molecule has 1 spiro atoms. The summed E-state index contributed by atoms with van der Waals surface area (Å²) in [5, 5.41) is 0. The molecule has 1 saturated heterocycles. The predicted octanol–water partition coefficient (Wildman–Crippen LogP) is 4.39. The molecule has 2 aliphatic rings. The Bertz CT molecular complexity index is 1730. The van der Waals surface area contributed by atoms with Crippen molar-refractivity contribution in [3.8, 4) is 0 Å². The first kappa shape index (κ1) is 29.4. The van der Waals surface area contributed by atoms with E-state index in [1.807, 2.05) is 6.20 Å². The van der Waals surface area contributed by atoms with Crippen molar-refractivity contribution >= 4 is 11.3 Å². The lowest BCUT2D eigenvalue weighted by Gasteiger charge is -2.38. The molecule has 0 aliphatic carbocycles. The SMILES string of the molecule is N[C@@H](Cn1c(=O)c2c(n(Cc3c(F)cccc3C(F)(F)F)c1=O)COC21CCN(Cc2cncs2)CC1)c1ccccc1. The number of benzene rings is 2. The molecule has 2 N–H and O–H groups in total. The molecule has 0 radical (unpaired) electrons. The van der Waals surface area contributed by atoms with Gasteiger partial charge in [-0.15, -0.1) is 11.3 Å². The Morgan fingerprint density at radius 1 is 1.02 bits per heavy atom. The van der Waals surface area contributed by atoms with E-state index >= 15 is 0 Å². The zero-order valence-corrected chi connectivity index (χ0v) is 23.8. The predicted molar refractivity (Wildman–Crippen MR) is 152 cm³/mol. The molecule has 0 bridgehead atoms. The molecule has 0 saturated carbocycles. The topological polar surface area (TPSA) is 95.4 Å². The van der Waals surface area contributed by atoms with E-state index < -0.39 is 52.6 Å². The molecule has 0 unspecified atom stereocenters. The average Bonchev–Trinajstić information content (AvgIpc) is 3.63. The first-order valence-corrected chi connectivity index (χ1v) is 14.7. The summed E-state index contributed by atoms with van der Waals surface area (Å²) in [5.41, 5.74) is 4.91. The van der Waals surface area contributed by atoms with Crippen molar-refractivity contribution < 1.29 is 22.3 Å². The molecule has 13 heteroatoms. The number of rotatable bonds is 7. The standard InChI is InChI=1S/C30H29F4N5O3S/c31-23-8-4-7-22(30(32,33)34)21(23)15-38-25-17-42-29(9-11-37(12-10-29)14-20-13-36-18-43-20)26(25)27(40)39(28(38)41)16-24(35)19-5-2-1-3-6-19/h1-8,13,18,24H,9-12,14-17,35H2/t24-/m0/s1. The highest BCUT2D eigenvalue weighted by molar-refractivity contribution is 7.09. The lowest BCUT2D eigenvalue weighted by atomic mass is 9.85. The second kappa shape index (κ2) is 11.5. The van der Waals surface area contributed by atoms with Crippen molar-refractivity contribution in [2.75, 3.05) is 13.1 Å². The van der Waals surface area contributed by atoms with E-state index in [1.54, 1.807) is 47.2 Å². The minimum absolute atomic E-state index is 0.157. The van der Waals surface area contributed by atoms with E-state index in [2.05, 4.69) is 9.88 Å². The molecule has 43 heavy (non-hydrogen) atoms. The smallest absolute Gasteiger partial charge is 0.364 e. The van der Waals surface area contributed by atoms with Gasteiger partial charge in [0, 0.05) is 42.3 Å². The number of thiazole rings is 1. The maximum Gasteiger partial charge on any atom is 0.416 e. The quantitative estimate of drug-likeness (QED) is 0.310. The Kier molecular flexibility index (Phi) is 7.84. The molecule has 2 aromatic heterocycles. The van der Waals surface area contributed by atoms with E-state index in [0.29, 0.717) is 38.0 Å². The van der Waals surface area contributed by atoms with Crippen LogP contribution >= 0.6 is 11.3 Å². The van der Waals surface area contributed by atoms with Gasteiger partial charge in [-0.05, 0) is 30.5 Å². The van der Waals surface area contributed by atoms with Crippen molar-refractivity contribution in [2.45, 2.75) is 56.9 Å². The minimum Gasteiger partial charge on any atom is -0.364 e. The van der Waals surface area contributed by atoms with Crippen molar-refractivity contribution in [1.29, 1.82) is 0 Å². The summed E-state index contributed by atoms with van der Waals surface area (Å²) in [6.45, 7) is 0.773. The fraction of sp³-hybridized carbons (Fsp3) is 0.367. The van der Waals surface area contributed by atoms with Crippen LogP contribution < -0.4 is 17.0 Å². The minimum atomic E-state index is -4.85. The summed E-state index contributed by atoms with van der Waals surface area (Å²) in [7, 11) is 0. The van der Waals surface area contributed by atoms with Gasteiger partial charge in [0.25, 0.3) is 5.56 Å². The zero-order valence-electron chi connectivity index (χ0n) is 23.0. The number of ether oxygens (including phenoxy) is 1.